The zero-order chi connectivity index (χ0) is 13.9. The summed E-state index contributed by atoms with van der Waals surface area (Å²) < 4.78 is 13.7. The predicted molar refractivity (Wildman–Crippen MR) is 79.0 cm³/mol. The average molecular weight is 264 g/mol. The first kappa shape index (κ1) is 14.3. The molecule has 0 atom stereocenters. The topological polar surface area (TPSA) is 15.3 Å². The lowest BCUT2D eigenvalue weighted by Crippen LogP contribution is -2.23. The van der Waals surface area contributed by atoms with E-state index in [0.29, 0.717) is 5.41 Å². The summed E-state index contributed by atoms with van der Waals surface area (Å²) in [4.78, 5) is 2.30. The summed E-state index contributed by atoms with van der Waals surface area (Å²) in [6.45, 7) is 10.4. The molecule has 1 aliphatic heterocycles. The van der Waals surface area contributed by atoms with E-state index in [4.69, 9.17) is 0 Å². The van der Waals surface area contributed by atoms with Gasteiger partial charge >= 0.3 is 0 Å². The first-order valence-electron chi connectivity index (χ1n) is 7.25. The van der Waals surface area contributed by atoms with Crippen LogP contribution in [0.3, 0.4) is 0 Å². The van der Waals surface area contributed by atoms with E-state index in [2.05, 4.69) is 37.1 Å². The molecule has 2 rings (SSSR count). The van der Waals surface area contributed by atoms with Crippen molar-refractivity contribution in [3.63, 3.8) is 0 Å². The summed E-state index contributed by atoms with van der Waals surface area (Å²) in [6.07, 6.45) is 2.27. The maximum Gasteiger partial charge on any atom is 0.125 e. The molecule has 19 heavy (non-hydrogen) atoms. The lowest BCUT2D eigenvalue weighted by atomic mass is 9.93. The smallest absolute Gasteiger partial charge is 0.125 e. The average Bonchev–Trinajstić information content (AvgIpc) is 2.69. The summed E-state index contributed by atoms with van der Waals surface area (Å²) in [5.41, 5.74) is 2.40. The van der Waals surface area contributed by atoms with E-state index < -0.39 is 0 Å². The van der Waals surface area contributed by atoms with E-state index in [1.165, 1.54) is 6.42 Å². The van der Waals surface area contributed by atoms with E-state index >= 15 is 0 Å². The summed E-state index contributed by atoms with van der Waals surface area (Å²) in [5.74, 6) is -0.129. The number of hydrogen-bond acceptors (Lipinski definition) is 2. The molecule has 2 nitrogen and oxygen atoms in total. The zero-order valence-corrected chi connectivity index (χ0v) is 12.3. The normalized spacial score (nSPS) is 18.0. The van der Waals surface area contributed by atoms with Gasteiger partial charge in [0.05, 0.1) is 0 Å². The SMILES string of the molecule is CCCNCc1cc(F)cc(N2CCC(C)(C)C2)c1. The van der Waals surface area contributed by atoms with Crippen LogP contribution in [0.2, 0.25) is 0 Å². The molecule has 1 fully saturated rings. The van der Waals surface area contributed by atoms with Gasteiger partial charge in [0.25, 0.3) is 0 Å². The second-order valence-corrected chi connectivity index (χ2v) is 6.33. The first-order chi connectivity index (χ1) is 9.00. The van der Waals surface area contributed by atoms with Gasteiger partial charge in [0, 0.05) is 25.3 Å². The largest absolute Gasteiger partial charge is 0.371 e. The number of hydrogen-bond donors (Lipinski definition) is 1. The third-order valence-electron chi connectivity index (χ3n) is 3.74. The minimum atomic E-state index is -0.129. The lowest BCUT2D eigenvalue weighted by molar-refractivity contribution is 0.418. The number of halogens is 1. The number of benzene rings is 1. The summed E-state index contributed by atoms with van der Waals surface area (Å²) in [7, 11) is 0. The standard InChI is InChI=1S/C16H25FN2/c1-4-6-18-11-13-8-14(17)10-15(9-13)19-7-5-16(2,3)12-19/h8-10,18H,4-7,11-12H2,1-3H3. The van der Waals surface area contributed by atoms with E-state index in [1.807, 2.05) is 0 Å². The maximum atomic E-state index is 13.7. The van der Waals surface area contributed by atoms with Crippen molar-refractivity contribution in [2.24, 2.45) is 5.41 Å². The van der Waals surface area contributed by atoms with Gasteiger partial charge in [-0.1, -0.05) is 20.8 Å². The molecule has 0 spiro atoms. The molecular weight excluding hydrogens is 239 g/mol. The number of rotatable bonds is 5. The fourth-order valence-corrected chi connectivity index (χ4v) is 2.66. The summed E-state index contributed by atoms with van der Waals surface area (Å²) in [6, 6.07) is 5.41. The van der Waals surface area contributed by atoms with Crippen LogP contribution in [0.15, 0.2) is 18.2 Å². The van der Waals surface area contributed by atoms with Crippen molar-refractivity contribution >= 4 is 5.69 Å². The predicted octanol–water partition coefficient (Wildman–Crippen LogP) is 3.56. The lowest BCUT2D eigenvalue weighted by Gasteiger charge is -2.22. The van der Waals surface area contributed by atoms with Crippen molar-refractivity contribution < 1.29 is 4.39 Å². The van der Waals surface area contributed by atoms with Gasteiger partial charge in [0.2, 0.25) is 0 Å². The van der Waals surface area contributed by atoms with Gasteiger partial charge in [-0.25, -0.2) is 4.39 Å². The highest BCUT2D eigenvalue weighted by Gasteiger charge is 2.29. The van der Waals surface area contributed by atoms with Crippen molar-refractivity contribution in [3.05, 3.63) is 29.6 Å². The molecule has 1 saturated heterocycles. The highest BCUT2D eigenvalue weighted by Crippen LogP contribution is 2.33. The third kappa shape index (κ3) is 3.93. The molecular formula is C16H25FN2. The van der Waals surface area contributed by atoms with Gasteiger partial charge < -0.3 is 10.2 Å². The van der Waals surface area contributed by atoms with Crippen LogP contribution in [0.1, 0.15) is 39.2 Å². The molecule has 1 aromatic rings. The van der Waals surface area contributed by atoms with E-state index in [0.717, 1.165) is 43.9 Å². The minimum absolute atomic E-state index is 0.129. The Morgan fingerprint density at radius 1 is 1.32 bits per heavy atom. The van der Waals surface area contributed by atoms with Gasteiger partial charge in [-0.2, -0.15) is 0 Å². The van der Waals surface area contributed by atoms with Crippen molar-refractivity contribution in [1.29, 1.82) is 0 Å². The summed E-state index contributed by atoms with van der Waals surface area (Å²) >= 11 is 0. The molecule has 0 amide bonds. The van der Waals surface area contributed by atoms with Gasteiger partial charge in [-0.05, 0) is 48.6 Å². The van der Waals surface area contributed by atoms with Gasteiger partial charge in [0.1, 0.15) is 5.82 Å². The van der Waals surface area contributed by atoms with Crippen LogP contribution in [0.5, 0.6) is 0 Å². The van der Waals surface area contributed by atoms with Crippen LogP contribution in [-0.4, -0.2) is 19.6 Å². The van der Waals surface area contributed by atoms with Crippen molar-refractivity contribution in [3.8, 4) is 0 Å². The quantitative estimate of drug-likeness (QED) is 0.818. The molecule has 0 aliphatic carbocycles. The van der Waals surface area contributed by atoms with E-state index in [-0.39, 0.29) is 5.82 Å². The molecule has 0 saturated carbocycles. The highest BCUT2D eigenvalue weighted by atomic mass is 19.1. The molecule has 0 aromatic heterocycles. The number of anilines is 1. The number of nitrogens with zero attached hydrogens (tertiary/aromatic N) is 1. The van der Waals surface area contributed by atoms with Crippen molar-refractivity contribution in [2.45, 2.75) is 40.2 Å². The van der Waals surface area contributed by atoms with Gasteiger partial charge in [0.15, 0.2) is 0 Å². The Labute approximate surface area is 116 Å². The fourth-order valence-electron chi connectivity index (χ4n) is 2.66. The molecule has 1 heterocycles. The van der Waals surface area contributed by atoms with Crippen molar-refractivity contribution in [2.75, 3.05) is 24.5 Å². The van der Waals surface area contributed by atoms with E-state index in [1.54, 1.807) is 12.1 Å². The highest BCUT2D eigenvalue weighted by molar-refractivity contribution is 5.50. The Morgan fingerprint density at radius 2 is 2.11 bits per heavy atom. The van der Waals surface area contributed by atoms with Crippen LogP contribution < -0.4 is 10.2 Å². The molecule has 3 heteroatoms. The minimum Gasteiger partial charge on any atom is -0.371 e. The fraction of sp³-hybridized carbons (Fsp3) is 0.625. The second-order valence-electron chi connectivity index (χ2n) is 6.33. The van der Waals surface area contributed by atoms with Crippen LogP contribution in [0, 0.1) is 11.2 Å². The van der Waals surface area contributed by atoms with E-state index in [9.17, 15) is 4.39 Å². The molecule has 1 N–H and O–H groups in total. The molecule has 0 radical (unpaired) electrons. The Balaban J connectivity index is 2.08. The Morgan fingerprint density at radius 3 is 2.74 bits per heavy atom. The molecule has 0 bridgehead atoms. The van der Waals surface area contributed by atoms with Crippen molar-refractivity contribution in [1.82, 2.24) is 5.32 Å². The molecule has 106 valence electrons. The Hall–Kier alpha value is -1.09. The van der Waals surface area contributed by atoms with Gasteiger partial charge in [-0.15, -0.1) is 0 Å². The summed E-state index contributed by atoms with van der Waals surface area (Å²) in [5, 5.41) is 3.33. The maximum absolute atomic E-state index is 13.7. The molecule has 1 aliphatic rings. The molecule has 1 aromatic carbocycles. The Bertz CT molecular complexity index is 429. The first-order valence-corrected chi connectivity index (χ1v) is 7.25. The van der Waals surface area contributed by atoms with Gasteiger partial charge in [-0.3, -0.25) is 0 Å². The molecule has 0 unspecified atom stereocenters. The van der Waals surface area contributed by atoms with Crippen LogP contribution in [0.25, 0.3) is 0 Å². The van der Waals surface area contributed by atoms with Crippen LogP contribution in [0.4, 0.5) is 10.1 Å². The second kappa shape index (κ2) is 5.91. The zero-order valence-electron chi connectivity index (χ0n) is 12.3. The third-order valence-corrected chi connectivity index (χ3v) is 3.74. The van der Waals surface area contributed by atoms with Crippen LogP contribution >= 0.6 is 0 Å². The van der Waals surface area contributed by atoms with Crippen LogP contribution in [-0.2, 0) is 6.54 Å². The number of nitrogens with one attached hydrogen (secondary N) is 1. The Kier molecular flexibility index (Phi) is 4.46. The monoisotopic (exact) mass is 264 g/mol.